The van der Waals surface area contributed by atoms with Crippen LogP contribution in [-0.4, -0.2) is 26.2 Å². The fourth-order valence-electron chi connectivity index (χ4n) is 0.929. The molecule has 2 heterocycles. The van der Waals surface area contributed by atoms with Gasteiger partial charge in [0.05, 0.1) is 6.26 Å². The molecule has 1 fully saturated rings. The zero-order valence-corrected chi connectivity index (χ0v) is 7.45. The molecule has 1 aliphatic rings. The van der Waals surface area contributed by atoms with Crippen LogP contribution in [0.1, 0.15) is 0 Å². The number of piperazine rings is 1. The van der Waals surface area contributed by atoms with Gasteiger partial charge in [-0.3, -0.25) is 0 Å². The summed E-state index contributed by atoms with van der Waals surface area (Å²) in [6.45, 7) is 4.56. The Bertz CT molecular complexity index is 239. The van der Waals surface area contributed by atoms with E-state index >= 15 is 0 Å². The molecule has 1 aliphatic heterocycles. The van der Waals surface area contributed by atoms with Crippen molar-refractivity contribution in [1.82, 2.24) is 10.6 Å². The molecule has 4 nitrogen and oxygen atoms in total. The summed E-state index contributed by atoms with van der Waals surface area (Å²) in [6, 6.07) is 4.65. The highest BCUT2D eigenvalue weighted by atomic mass is 16.4. The van der Waals surface area contributed by atoms with E-state index < -0.39 is 0 Å². The molecule has 0 atom stereocenters. The first kappa shape index (κ1) is 9.95. The summed E-state index contributed by atoms with van der Waals surface area (Å²) < 4.78 is 4.37. The SMILES string of the molecule is C1CNCCN1.O=c1cccco1. The fourth-order valence-corrected chi connectivity index (χ4v) is 0.929. The van der Waals surface area contributed by atoms with Gasteiger partial charge in [0.15, 0.2) is 0 Å². The zero-order valence-electron chi connectivity index (χ0n) is 7.45. The van der Waals surface area contributed by atoms with Gasteiger partial charge in [-0.05, 0) is 6.07 Å². The molecular weight excluding hydrogens is 168 g/mol. The summed E-state index contributed by atoms with van der Waals surface area (Å²) >= 11 is 0. The van der Waals surface area contributed by atoms with Crippen LogP contribution in [0.4, 0.5) is 0 Å². The Balaban J connectivity index is 0.000000132. The van der Waals surface area contributed by atoms with Crippen LogP contribution in [0.25, 0.3) is 0 Å². The van der Waals surface area contributed by atoms with Gasteiger partial charge in [-0.1, -0.05) is 6.07 Å². The Morgan fingerprint density at radius 2 is 1.69 bits per heavy atom. The van der Waals surface area contributed by atoms with Crippen molar-refractivity contribution in [3.8, 4) is 0 Å². The predicted molar refractivity (Wildman–Crippen MR) is 50.7 cm³/mol. The van der Waals surface area contributed by atoms with E-state index in [2.05, 4.69) is 15.1 Å². The third-order valence-corrected chi connectivity index (χ3v) is 1.56. The topological polar surface area (TPSA) is 54.3 Å². The molecule has 1 aromatic rings. The van der Waals surface area contributed by atoms with Gasteiger partial charge in [-0.25, -0.2) is 4.79 Å². The van der Waals surface area contributed by atoms with E-state index in [-0.39, 0.29) is 5.63 Å². The molecule has 0 saturated carbocycles. The van der Waals surface area contributed by atoms with E-state index in [9.17, 15) is 4.79 Å². The molecule has 72 valence electrons. The van der Waals surface area contributed by atoms with Gasteiger partial charge in [0.1, 0.15) is 0 Å². The summed E-state index contributed by atoms with van der Waals surface area (Å²) in [5, 5.41) is 6.44. The van der Waals surface area contributed by atoms with Crippen LogP contribution in [0.3, 0.4) is 0 Å². The summed E-state index contributed by atoms with van der Waals surface area (Å²) in [5.41, 5.74) is -0.303. The lowest BCUT2D eigenvalue weighted by molar-refractivity contribution is 0.511. The van der Waals surface area contributed by atoms with E-state index in [0.717, 1.165) is 26.2 Å². The molecule has 0 aliphatic carbocycles. The van der Waals surface area contributed by atoms with Crippen LogP contribution in [-0.2, 0) is 0 Å². The van der Waals surface area contributed by atoms with Crippen molar-refractivity contribution in [2.75, 3.05) is 26.2 Å². The fraction of sp³-hybridized carbons (Fsp3) is 0.444. The van der Waals surface area contributed by atoms with E-state index in [4.69, 9.17) is 0 Å². The lowest BCUT2D eigenvalue weighted by Gasteiger charge is -2.11. The van der Waals surface area contributed by atoms with E-state index in [1.54, 1.807) is 12.1 Å². The largest absolute Gasteiger partial charge is 0.431 e. The van der Waals surface area contributed by atoms with Gasteiger partial charge in [-0.15, -0.1) is 0 Å². The van der Waals surface area contributed by atoms with Gasteiger partial charge in [-0.2, -0.15) is 0 Å². The smallest absolute Gasteiger partial charge is 0.335 e. The average molecular weight is 182 g/mol. The lowest BCUT2D eigenvalue weighted by atomic mass is 10.4. The lowest BCUT2D eigenvalue weighted by Crippen LogP contribution is -2.39. The van der Waals surface area contributed by atoms with E-state index in [0.29, 0.717) is 0 Å². The molecular formula is C9H14N2O2. The van der Waals surface area contributed by atoms with Crippen molar-refractivity contribution >= 4 is 0 Å². The summed E-state index contributed by atoms with van der Waals surface area (Å²) in [6.07, 6.45) is 1.35. The Morgan fingerprint density at radius 1 is 1.08 bits per heavy atom. The Morgan fingerprint density at radius 3 is 1.92 bits per heavy atom. The molecule has 0 amide bonds. The predicted octanol–water partition coefficient (Wildman–Crippen LogP) is -0.181. The number of nitrogens with one attached hydrogen (secondary N) is 2. The molecule has 0 spiro atoms. The monoisotopic (exact) mass is 182 g/mol. The first-order valence-electron chi connectivity index (χ1n) is 4.35. The molecule has 2 rings (SSSR count). The van der Waals surface area contributed by atoms with Crippen molar-refractivity contribution < 1.29 is 4.42 Å². The second kappa shape index (κ2) is 6.39. The molecule has 4 heteroatoms. The van der Waals surface area contributed by atoms with E-state index in [1.165, 1.54) is 12.3 Å². The highest BCUT2D eigenvalue weighted by Gasteiger charge is 1.91. The summed E-state index contributed by atoms with van der Waals surface area (Å²) in [5.74, 6) is 0. The molecule has 0 aromatic carbocycles. The van der Waals surface area contributed by atoms with Crippen LogP contribution < -0.4 is 16.3 Å². The van der Waals surface area contributed by atoms with Gasteiger partial charge in [0.25, 0.3) is 0 Å². The van der Waals surface area contributed by atoms with Crippen molar-refractivity contribution in [2.45, 2.75) is 0 Å². The van der Waals surface area contributed by atoms with Gasteiger partial charge in [0.2, 0.25) is 0 Å². The number of rotatable bonds is 0. The van der Waals surface area contributed by atoms with Gasteiger partial charge < -0.3 is 15.1 Å². The maximum atomic E-state index is 10.1. The third-order valence-electron chi connectivity index (χ3n) is 1.56. The molecule has 1 aromatic heterocycles. The first-order chi connectivity index (χ1) is 6.39. The number of hydrogen-bond donors (Lipinski definition) is 2. The van der Waals surface area contributed by atoms with Crippen molar-refractivity contribution in [3.63, 3.8) is 0 Å². The molecule has 1 saturated heterocycles. The normalized spacial score (nSPS) is 15.7. The van der Waals surface area contributed by atoms with Crippen LogP contribution in [0.5, 0.6) is 0 Å². The highest BCUT2D eigenvalue weighted by Crippen LogP contribution is 1.72. The minimum Gasteiger partial charge on any atom is -0.431 e. The van der Waals surface area contributed by atoms with Crippen LogP contribution in [0.2, 0.25) is 0 Å². The van der Waals surface area contributed by atoms with Crippen molar-refractivity contribution in [3.05, 3.63) is 34.9 Å². The number of hydrogen-bond acceptors (Lipinski definition) is 4. The molecule has 0 radical (unpaired) electrons. The minimum atomic E-state index is -0.303. The minimum absolute atomic E-state index is 0.303. The molecule has 2 N–H and O–H groups in total. The molecule has 13 heavy (non-hydrogen) atoms. The first-order valence-corrected chi connectivity index (χ1v) is 4.35. The Kier molecular flexibility index (Phi) is 4.90. The van der Waals surface area contributed by atoms with Crippen LogP contribution >= 0.6 is 0 Å². The standard InChI is InChI=1S/C5H4O2.C4H10N2/c6-5-3-1-2-4-7-5;1-2-6-4-3-5-1/h1-4H;5-6H,1-4H2. The van der Waals surface area contributed by atoms with Crippen LogP contribution in [0.15, 0.2) is 33.7 Å². The highest BCUT2D eigenvalue weighted by molar-refractivity contribution is 4.85. The zero-order chi connectivity index (χ0) is 9.36. The molecule has 0 unspecified atom stereocenters. The third kappa shape index (κ3) is 5.16. The Labute approximate surface area is 77.0 Å². The van der Waals surface area contributed by atoms with E-state index in [1.807, 2.05) is 0 Å². The van der Waals surface area contributed by atoms with Gasteiger partial charge in [0, 0.05) is 32.2 Å². The quantitative estimate of drug-likeness (QED) is 0.584. The summed E-state index contributed by atoms with van der Waals surface area (Å²) in [4.78, 5) is 10.1. The maximum Gasteiger partial charge on any atom is 0.335 e. The maximum absolute atomic E-state index is 10.1. The van der Waals surface area contributed by atoms with Crippen molar-refractivity contribution in [1.29, 1.82) is 0 Å². The second-order valence-electron chi connectivity index (χ2n) is 2.62. The average Bonchev–Trinajstić information content (AvgIpc) is 2.22. The van der Waals surface area contributed by atoms with Crippen molar-refractivity contribution in [2.24, 2.45) is 0 Å². The van der Waals surface area contributed by atoms with Crippen LogP contribution in [0, 0.1) is 0 Å². The second-order valence-corrected chi connectivity index (χ2v) is 2.62. The Hall–Kier alpha value is -1.13. The summed E-state index contributed by atoms with van der Waals surface area (Å²) in [7, 11) is 0. The molecule has 0 bridgehead atoms. The van der Waals surface area contributed by atoms with Gasteiger partial charge >= 0.3 is 5.63 Å².